The standard InChI is InChI=1S/C17H28O2/c1-4-6-8-10-14-13-17(19-3)15(12-16(14)18)11-9-7-5-2/h12-13,18H,4-11H2,1-3H3. The van der Waals surface area contributed by atoms with Gasteiger partial charge in [-0.25, -0.2) is 0 Å². The fourth-order valence-electron chi connectivity index (χ4n) is 2.37. The molecule has 108 valence electrons. The lowest BCUT2D eigenvalue weighted by atomic mass is 10.00. The largest absolute Gasteiger partial charge is 0.508 e. The van der Waals surface area contributed by atoms with Crippen LogP contribution < -0.4 is 4.74 Å². The Balaban J connectivity index is 2.75. The van der Waals surface area contributed by atoms with Crippen molar-refractivity contribution in [2.45, 2.75) is 65.2 Å². The average molecular weight is 264 g/mol. The molecule has 0 aliphatic rings. The first-order chi connectivity index (χ1) is 9.22. The highest BCUT2D eigenvalue weighted by atomic mass is 16.5. The third-order valence-electron chi connectivity index (χ3n) is 3.58. The molecule has 0 radical (unpaired) electrons. The zero-order valence-corrected chi connectivity index (χ0v) is 12.7. The Labute approximate surface area is 117 Å². The Morgan fingerprint density at radius 2 is 1.47 bits per heavy atom. The summed E-state index contributed by atoms with van der Waals surface area (Å²) >= 11 is 0. The first-order valence-electron chi connectivity index (χ1n) is 7.61. The predicted molar refractivity (Wildman–Crippen MR) is 81.1 cm³/mol. The van der Waals surface area contributed by atoms with Gasteiger partial charge in [0.25, 0.3) is 0 Å². The van der Waals surface area contributed by atoms with Crippen LogP contribution in [0.5, 0.6) is 11.5 Å². The summed E-state index contributed by atoms with van der Waals surface area (Å²) in [7, 11) is 1.71. The van der Waals surface area contributed by atoms with Crippen LogP contribution in [0.15, 0.2) is 12.1 Å². The highest BCUT2D eigenvalue weighted by Crippen LogP contribution is 2.30. The van der Waals surface area contributed by atoms with Crippen LogP contribution in [0, 0.1) is 0 Å². The van der Waals surface area contributed by atoms with Crippen LogP contribution in [-0.4, -0.2) is 12.2 Å². The van der Waals surface area contributed by atoms with Crippen molar-refractivity contribution < 1.29 is 9.84 Å². The van der Waals surface area contributed by atoms with E-state index in [0.717, 1.165) is 42.6 Å². The number of aryl methyl sites for hydroxylation is 2. The zero-order valence-electron chi connectivity index (χ0n) is 12.7. The SMILES string of the molecule is CCCCCc1cc(OC)c(CCCCC)cc1O. The van der Waals surface area contributed by atoms with Crippen molar-refractivity contribution >= 4 is 0 Å². The van der Waals surface area contributed by atoms with Crippen molar-refractivity contribution in [3.05, 3.63) is 23.3 Å². The number of hydrogen-bond donors (Lipinski definition) is 1. The molecule has 0 amide bonds. The Morgan fingerprint density at radius 1 is 0.895 bits per heavy atom. The Kier molecular flexibility index (Phi) is 7.39. The van der Waals surface area contributed by atoms with Gasteiger partial charge >= 0.3 is 0 Å². The van der Waals surface area contributed by atoms with E-state index >= 15 is 0 Å². The van der Waals surface area contributed by atoms with E-state index in [0.29, 0.717) is 5.75 Å². The molecule has 0 fully saturated rings. The molecule has 0 atom stereocenters. The number of phenolic OH excluding ortho intramolecular Hbond substituents is 1. The first-order valence-corrected chi connectivity index (χ1v) is 7.61. The van der Waals surface area contributed by atoms with Crippen LogP contribution in [-0.2, 0) is 12.8 Å². The molecule has 0 unspecified atom stereocenters. The van der Waals surface area contributed by atoms with E-state index in [4.69, 9.17) is 4.74 Å². The van der Waals surface area contributed by atoms with Crippen LogP contribution in [0.3, 0.4) is 0 Å². The van der Waals surface area contributed by atoms with Crippen molar-refractivity contribution in [3.8, 4) is 11.5 Å². The van der Waals surface area contributed by atoms with E-state index in [1.54, 1.807) is 7.11 Å². The Bertz CT molecular complexity index is 372. The topological polar surface area (TPSA) is 29.5 Å². The highest BCUT2D eigenvalue weighted by Gasteiger charge is 2.09. The number of rotatable bonds is 9. The van der Waals surface area contributed by atoms with Crippen molar-refractivity contribution in [1.29, 1.82) is 0 Å². The Hall–Kier alpha value is -1.18. The molecule has 0 heterocycles. The molecule has 2 nitrogen and oxygen atoms in total. The number of methoxy groups -OCH3 is 1. The van der Waals surface area contributed by atoms with E-state index < -0.39 is 0 Å². The van der Waals surface area contributed by atoms with E-state index in [9.17, 15) is 5.11 Å². The molecule has 1 aromatic carbocycles. The van der Waals surface area contributed by atoms with Gasteiger partial charge in [0.1, 0.15) is 11.5 Å². The highest BCUT2D eigenvalue weighted by molar-refractivity contribution is 5.46. The van der Waals surface area contributed by atoms with Gasteiger partial charge in [-0.15, -0.1) is 0 Å². The van der Waals surface area contributed by atoms with E-state index in [2.05, 4.69) is 13.8 Å². The molecule has 0 aromatic heterocycles. The fourth-order valence-corrected chi connectivity index (χ4v) is 2.37. The van der Waals surface area contributed by atoms with Gasteiger partial charge in [-0.1, -0.05) is 39.5 Å². The van der Waals surface area contributed by atoms with Gasteiger partial charge in [0.15, 0.2) is 0 Å². The molecule has 0 aliphatic carbocycles. The second-order valence-electron chi connectivity index (χ2n) is 5.21. The summed E-state index contributed by atoms with van der Waals surface area (Å²) in [5, 5.41) is 10.1. The van der Waals surface area contributed by atoms with Gasteiger partial charge in [-0.05, 0) is 48.9 Å². The van der Waals surface area contributed by atoms with E-state index in [-0.39, 0.29) is 0 Å². The quantitative estimate of drug-likeness (QED) is 0.645. The smallest absolute Gasteiger partial charge is 0.122 e. The van der Waals surface area contributed by atoms with Crippen molar-refractivity contribution in [2.24, 2.45) is 0 Å². The van der Waals surface area contributed by atoms with Gasteiger partial charge < -0.3 is 9.84 Å². The third kappa shape index (κ3) is 5.14. The summed E-state index contributed by atoms with van der Waals surface area (Å²) in [6.07, 6.45) is 9.05. The van der Waals surface area contributed by atoms with Gasteiger partial charge in [-0.2, -0.15) is 0 Å². The fraction of sp³-hybridized carbons (Fsp3) is 0.647. The third-order valence-corrected chi connectivity index (χ3v) is 3.58. The van der Waals surface area contributed by atoms with Crippen LogP contribution >= 0.6 is 0 Å². The van der Waals surface area contributed by atoms with Crippen molar-refractivity contribution in [1.82, 2.24) is 0 Å². The number of aromatic hydroxyl groups is 1. The molecule has 1 rings (SSSR count). The average Bonchev–Trinajstić information content (AvgIpc) is 2.41. The van der Waals surface area contributed by atoms with Crippen molar-refractivity contribution in [2.75, 3.05) is 7.11 Å². The van der Waals surface area contributed by atoms with E-state index in [1.807, 2.05) is 12.1 Å². The van der Waals surface area contributed by atoms with Crippen LogP contribution in [0.1, 0.15) is 63.5 Å². The van der Waals surface area contributed by atoms with Crippen LogP contribution in [0.4, 0.5) is 0 Å². The number of ether oxygens (including phenoxy) is 1. The van der Waals surface area contributed by atoms with Crippen molar-refractivity contribution in [3.63, 3.8) is 0 Å². The molecule has 2 heteroatoms. The molecule has 0 saturated carbocycles. The minimum absolute atomic E-state index is 0.434. The van der Waals surface area contributed by atoms with Crippen LogP contribution in [0.2, 0.25) is 0 Å². The predicted octanol–water partition coefficient (Wildman–Crippen LogP) is 4.87. The second kappa shape index (κ2) is 8.84. The van der Waals surface area contributed by atoms with Gasteiger partial charge in [0.2, 0.25) is 0 Å². The molecule has 0 bridgehead atoms. The minimum Gasteiger partial charge on any atom is -0.508 e. The summed E-state index contributed by atoms with van der Waals surface area (Å²) in [5.74, 6) is 1.36. The number of phenols is 1. The molecule has 0 saturated heterocycles. The maximum Gasteiger partial charge on any atom is 0.122 e. The lowest BCUT2D eigenvalue weighted by Gasteiger charge is -2.12. The monoisotopic (exact) mass is 264 g/mol. The summed E-state index contributed by atoms with van der Waals surface area (Å²) in [6, 6.07) is 3.92. The summed E-state index contributed by atoms with van der Waals surface area (Å²) in [5.41, 5.74) is 2.15. The van der Waals surface area contributed by atoms with Gasteiger partial charge in [0.05, 0.1) is 7.11 Å². The molecular formula is C17H28O2. The lowest BCUT2D eigenvalue weighted by Crippen LogP contribution is -1.96. The Morgan fingerprint density at radius 3 is 2.00 bits per heavy atom. The molecular weight excluding hydrogens is 236 g/mol. The molecule has 0 aliphatic heterocycles. The minimum atomic E-state index is 0.434. The molecule has 0 spiro atoms. The number of unbranched alkanes of at least 4 members (excludes halogenated alkanes) is 4. The second-order valence-corrected chi connectivity index (χ2v) is 5.21. The van der Waals surface area contributed by atoms with E-state index in [1.165, 1.54) is 25.7 Å². The van der Waals surface area contributed by atoms with Gasteiger partial charge in [0, 0.05) is 0 Å². The number of hydrogen-bond acceptors (Lipinski definition) is 2. The molecule has 19 heavy (non-hydrogen) atoms. The summed E-state index contributed by atoms with van der Waals surface area (Å²) < 4.78 is 5.47. The first kappa shape index (κ1) is 15.9. The van der Waals surface area contributed by atoms with Crippen LogP contribution in [0.25, 0.3) is 0 Å². The molecule has 1 N–H and O–H groups in total. The zero-order chi connectivity index (χ0) is 14.1. The normalized spacial score (nSPS) is 10.7. The molecule has 1 aromatic rings. The summed E-state index contributed by atoms with van der Waals surface area (Å²) in [4.78, 5) is 0. The maximum absolute atomic E-state index is 10.1. The lowest BCUT2D eigenvalue weighted by molar-refractivity contribution is 0.404. The van der Waals surface area contributed by atoms with Gasteiger partial charge in [-0.3, -0.25) is 0 Å². The summed E-state index contributed by atoms with van der Waals surface area (Å²) in [6.45, 7) is 4.39. The maximum atomic E-state index is 10.1. The number of benzene rings is 1.